The first kappa shape index (κ1) is 27.9. The number of ketones is 2. The van der Waals surface area contributed by atoms with Crippen LogP contribution in [0.4, 0.5) is 5.82 Å². The largest absolute Gasteiger partial charge is 0.507 e. The first-order valence-electron chi connectivity index (χ1n) is 14.1. The number of aliphatic hydroxyl groups excluding tert-OH is 5. The standard InChI is InChI=1S/C31H30N2O10/c1-13-9-17-20(18(36)10-13)24(38)22-21(23(17)37)15-5-8-32-29-19(15)16-4-7-31(42-26(16)22)28(41)25(39)27(40)30(12-34,43-31)6-2-3-14(35)11-33-29/h2,5-6,8-10,14,25,27-28,34-36,39-41H,3-4,7,11-12H2,1H3,(H,32,33)/b6-2-/t14-,25-,27-,28+,30+,31+/m0/s1. The molecule has 12 nitrogen and oxygen atoms in total. The van der Waals surface area contributed by atoms with Gasteiger partial charge in [-0.3, -0.25) is 9.59 Å². The highest BCUT2D eigenvalue weighted by atomic mass is 16.7. The van der Waals surface area contributed by atoms with Crippen LogP contribution in [0.1, 0.15) is 55.8 Å². The molecule has 8 rings (SSSR count). The second-order valence-corrected chi connectivity index (χ2v) is 11.7. The van der Waals surface area contributed by atoms with Gasteiger partial charge in [0.15, 0.2) is 5.78 Å². The number of aryl methyl sites for hydroxylation is 2. The third-order valence-corrected chi connectivity index (χ3v) is 8.98. The quantitative estimate of drug-likeness (QED) is 0.153. The molecule has 0 radical (unpaired) electrons. The SMILES string of the molecule is Cc1cc(O)c2c(c1)C(=O)c1c(c3c4c5c(nccc15)NC[C@@H](O)C/C=C\[C@]1(CO)O[C@@](CC4)(O3)[C@H](O)[C@@H](O)[C@@H]1O)C2=O. The van der Waals surface area contributed by atoms with Gasteiger partial charge in [0.25, 0.3) is 0 Å². The number of hydrogen-bond donors (Lipinski definition) is 7. The Kier molecular flexibility index (Phi) is 6.19. The zero-order chi connectivity index (χ0) is 30.4. The molecule has 1 spiro atoms. The first-order valence-corrected chi connectivity index (χ1v) is 14.1. The van der Waals surface area contributed by atoms with E-state index in [0.29, 0.717) is 27.7 Å². The van der Waals surface area contributed by atoms with Crippen LogP contribution in [0.3, 0.4) is 0 Å². The number of phenols is 1. The number of anilines is 1. The second kappa shape index (κ2) is 9.55. The van der Waals surface area contributed by atoms with Crippen LogP contribution in [-0.4, -0.2) is 96.1 Å². The number of fused-ring (bicyclic) bond motifs is 8. The van der Waals surface area contributed by atoms with Crippen molar-refractivity contribution in [2.45, 2.75) is 62.0 Å². The molecule has 4 aliphatic heterocycles. The van der Waals surface area contributed by atoms with Crippen molar-refractivity contribution in [1.29, 1.82) is 0 Å². The highest BCUT2D eigenvalue weighted by molar-refractivity contribution is 6.34. The van der Waals surface area contributed by atoms with Crippen LogP contribution < -0.4 is 10.1 Å². The fourth-order valence-electron chi connectivity index (χ4n) is 6.87. The van der Waals surface area contributed by atoms with Crippen LogP contribution >= 0.6 is 0 Å². The maximum atomic E-state index is 14.2. The molecular formula is C31H30N2O10. The van der Waals surface area contributed by atoms with Crippen molar-refractivity contribution in [3.8, 4) is 11.5 Å². The maximum Gasteiger partial charge on any atom is 0.240 e. The molecule has 1 aromatic heterocycles. The van der Waals surface area contributed by atoms with E-state index < -0.39 is 54.0 Å². The molecule has 0 amide bonds. The molecule has 1 aliphatic carbocycles. The third-order valence-electron chi connectivity index (χ3n) is 8.98. The Morgan fingerprint density at radius 3 is 2.63 bits per heavy atom. The van der Waals surface area contributed by atoms with Gasteiger partial charge in [-0.25, -0.2) is 4.98 Å². The van der Waals surface area contributed by atoms with Crippen molar-refractivity contribution in [2.24, 2.45) is 0 Å². The summed E-state index contributed by atoms with van der Waals surface area (Å²) >= 11 is 0. The number of phenolic OH excluding ortho intramolecular Hbond substituents is 1. The Morgan fingerprint density at radius 1 is 1.07 bits per heavy atom. The number of aliphatic hydroxyl groups is 5. The van der Waals surface area contributed by atoms with E-state index in [2.05, 4.69) is 10.3 Å². The van der Waals surface area contributed by atoms with Crippen LogP contribution in [0.15, 0.2) is 36.5 Å². The summed E-state index contributed by atoms with van der Waals surface area (Å²) in [5, 5.41) is 69.2. The molecular weight excluding hydrogens is 560 g/mol. The van der Waals surface area contributed by atoms with E-state index in [-0.39, 0.29) is 59.6 Å². The van der Waals surface area contributed by atoms with E-state index in [1.807, 2.05) is 0 Å². The lowest BCUT2D eigenvalue weighted by Crippen LogP contribution is -2.72. The number of rotatable bonds is 1. The number of nitrogens with zero attached hydrogens (tertiary/aromatic N) is 1. The smallest absolute Gasteiger partial charge is 0.240 e. The van der Waals surface area contributed by atoms with Crippen LogP contribution in [-0.2, 0) is 11.2 Å². The number of carbonyl (C=O) groups excluding carboxylic acids is 2. The van der Waals surface area contributed by atoms with Crippen LogP contribution in [0.25, 0.3) is 10.8 Å². The monoisotopic (exact) mass is 590 g/mol. The zero-order valence-electron chi connectivity index (χ0n) is 23.1. The van der Waals surface area contributed by atoms with Crippen molar-refractivity contribution in [3.05, 3.63) is 69.9 Å². The summed E-state index contributed by atoms with van der Waals surface area (Å²) in [6.45, 7) is 0.908. The van der Waals surface area contributed by atoms with Crippen molar-refractivity contribution in [2.75, 3.05) is 18.5 Å². The van der Waals surface area contributed by atoms with E-state index >= 15 is 0 Å². The van der Waals surface area contributed by atoms with Crippen molar-refractivity contribution in [3.63, 3.8) is 0 Å². The van der Waals surface area contributed by atoms with Gasteiger partial charge >= 0.3 is 0 Å². The van der Waals surface area contributed by atoms with E-state index in [1.165, 1.54) is 30.5 Å². The molecule has 1 fully saturated rings. The summed E-state index contributed by atoms with van der Waals surface area (Å²) in [6, 6.07) is 4.53. The summed E-state index contributed by atoms with van der Waals surface area (Å²) in [6.07, 6.45) is -2.02. The van der Waals surface area contributed by atoms with E-state index in [4.69, 9.17) is 9.47 Å². The lowest BCUT2D eigenvalue weighted by Gasteiger charge is -2.54. The van der Waals surface area contributed by atoms with E-state index in [1.54, 1.807) is 13.0 Å². The molecule has 1 saturated heterocycles. The number of hydrogen-bond acceptors (Lipinski definition) is 12. The predicted molar refractivity (Wildman–Crippen MR) is 150 cm³/mol. The highest BCUT2D eigenvalue weighted by Crippen LogP contribution is 2.52. The Balaban J connectivity index is 1.56. The number of nitrogens with one attached hydrogen (secondary N) is 1. The number of benzene rings is 2. The van der Waals surface area contributed by atoms with Crippen molar-refractivity contribution < 1.29 is 49.7 Å². The number of carbonyl (C=O) groups is 2. The number of ether oxygens (including phenoxy) is 2. The Bertz CT molecular complexity index is 1750. The van der Waals surface area contributed by atoms with Gasteiger partial charge in [-0.05, 0) is 48.9 Å². The molecule has 5 aliphatic rings. The summed E-state index contributed by atoms with van der Waals surface area (Å²) in [4.78, 5) is 32.9. The summed E-state index contributed by atoms with van der Waals surface area (Å²) < 4.78 is 12.7. The predicted octanol–water partition coefficient (Wildman–Crippen LogP) is 0.622. The number of pyridine rings is 1. The number of aromatic hydroxyl groups is 1. The molecule has 5 heterocycles. The summed E-state index contributed by atoms with van der Waals surface area (Å²) in [5.41, 5.74) is -1.22. The van der Waals surface area contributed by atoms with Crippen LogP contribution in [0, 0.1) is 6.92 Å². The first-order chi connectivity index (χ1) is 20.5. The van der Waals surface area contributed by atoms with Gasteiger partial charge < -0.3 is 45.4 Å². The van der Waals surface area contributed by atoms with Gasteiger partial charge in [0, 0.05) is 41.2 Å². The topological polar surface area (TPSA) is 199 Å². The zero-order valence-corrected chi connectivity index (χ0v) is 23.1. The van der Waals surface area contributed by atoms with Gasteiger partial charge in [0.1, 0.15) is 41.2 Å². The van der Waals surface area contributed by atoms with Gasteiger partial charge in [0.2, 0.25) is 11.6 Å². The second-order valence-electron chi connectivity index (χ2n) is 11.7. The minimum atomic E-state index is -2.07. The van der Waals surface area contributed by atoms with Gasteiger partial charge in [-0.1, -0.05) is 12.2 Å². The molecule has 7 N–H and O–H groups in total. The lowest BCUT2D eigenvalue weighted by atomic mass is 9.76. The normalized spacial score (nSPS) is 32.0. The number of aromatic nitrogens is 1. The van der Waals surface area contributed by atoms with Gasteiger partial charge in [-0.15, -0.1) is 0 Å². The lowest BCUT2D eigenvalue weighted by molar-refractivity contribution is -0.364. The highest BCUT2D eigenvalue weighted by Gasteiger charge is 2.62. The Labute approximate surface area is 244 Å². The maximum absolute atomic E-state index is 14.2. The van der Waals surface area contributed by atoms with E-state index in [0.717, 1.165) is 0 Å². The average molecular weight is 591 g/mol. The summed E-state index contributed by atoms with van der Waals surface area (Å²) in [7, 11) is 0. The van der Waals surface area contributed by atoms with E-state index in [9.17, 15) is 40.2 Å². The minimum absolute atomic E-state index is 0.00518. The van der Waals surface area contributed by atoms with Crippen LogP contribution in [0.2, 0.25) is 0 Å². The molecule has 224 valence electrons. The Morgan fingerprint density at radius 2 is 1.86 bits per heavy atom. The fourth-order valence-corrected chi connectivity index (χ4v) is 6.87. The van der Waals surface area contributed by atoms with Crippen LogP contribution in [0.5, 0.6) is 11.5 Å². The Hall–Kier alpha value is -3.91. The third kappa shape index (κ3) is 3.81. The van der Waals surface area contributed by atoms with Crippen molar-refractivity contribution in [1.82, 2.24) is 4.98 Å². The molecule has 0 saturated carbocycles. The molecule has 0 unspecified atom stereocenters. The van der Waals surface area contributed by atoms with Crippen molar-refractivity contribution >= 4 is 28.2 Å². The summed E-state index contributed by atoms with van der Waals surface area (Å²) in [5.74, 6) is -3.43. The fraction of sp³-hybridized carbons (Fsp3) is 0.387. The van der Waals surface area contributed by atoms with Gasteiger partial charge in [-0.2, -0.15) is 0 Å². The molecule has 2 aromatic carbocycles. The minimum Gasteiger partial charge on any atom is -0.507 e. The molecule has 12 heteroatoms. The van der Waals surface area contributed by atoms with Gasteiger partial charge in [0.05, 0.1) is 23.8 Å². The molecule has 6 atom stereocenters. The molecule has 3 aromatic rings. The molecule has 43 heavy (non-hydrogen) atoms. The molecule has 5 bridgehead atoms. The average Bonchev–Trinajstić information content (AvgIpc) is 2.98.